The molecule has 0 bridgehead atoms. The molecule has 2 N–H and O–H groups in total. The summed E-state index contributed by atoms with van der Waals surface area (Å²) in [5, 5.41) is 11.9. The van der Waals surface area contributed by atoms with Crippen molar-refractivity contribution in [3.05, 3.63) is 66.2 Å². The molecular formula is C23H26N2O7S. The smallest absolute Gasteiger partial charge is 0.410 e. The Hall–Kier alpha value is -3.40. The molecule has 9 nitrogen and oxygen atoms in total. The van der Waals surface area contributed by atoms with E-state index >= 15 is 0 Å². The lowest BCUT2D eigenvalue weighted by Gasteiger charge is -2.25. The molecule has 2 atom stereocenters. The van der Waals surface area contributed by atoms with Crippen LogP contribution in [0, 0.1) is 0 Å². The molecule has 2 amide bonds. The van der Waals surface area contributed by atoms with Crippen LogP contribution >= 0.6 is 0 Å². The topological polar surface area (TPSA) is 130 Å². The molecule has 1 aliphatic heterocycles. The summed E-state index contributed by atoms with van der Waals surface area (Å²) in [6, 6.07) is 14.5. The van der Waals surface area contributed by atoms with Crippen molar-refractivity contribution in [1.82, 2.24) is 10.2 Å². The van der Waals surface area contributed by atoms with Gasteiger partial charge in [-0.1, -0.05) is 48.5 Å². The number of carboxylic acid groups (broad SMARTS) is 1. The Morgan fingerprint density at radius 3 is 2.33 bits per heavy atom. The molecular weight excluding hydrogens is 448 g/mol. The number of aliphatic carboxylic acids is 1. The van der Waals surface area contributed by atoms with E-state index in [2.05, 4.69) is 5.32 Å². The number of hydrogen-bond acceptors (Lipinski definition) is 6. The van der Waals surface area contributed by atoms with Crippen LogP contribution in [0.3, 0.4) is 0 Å². The Bertz CT molecular complexity index is 1070. The van der Waals surface area contributed by atoms with E-state index in [-0.39, 0.29) is 17.9 Å². The lowest BCUT2D eigenvalue weighted by atomic mass is 10.1. The molecule has 1 fully saturated rings. The van der Waals surface area contributed by atoms with Crippen molar-refractivity contribution >= 4 is 27.8 Å². The second-order valence-corrected chi connectivity index (χ2v) is 9.82. The van der Waals surface area contributed by atoms with Crippen molar-refractivity contribution < 1.29 is 32.6 Å². The van der Waals surface area contributed by atoms with Gasteiger partial charge in [-0.15, -0.1) is 0 Å². The molecule has 1 aliphatic rings. The predicted octanol–water partition coefficient (Wildman–Crippen LogP) is 2.22. The number of nitrogens with zero attached hydrogens (tertiary/aromatic N) is 1. The number of amides is 2. The Labute approximate surface area is 192 Å². The Morgan fingerprint density at radius 2 is 1.70 bits per heavy atom. The van der Waals surface area contributed by atoms with Gasteiger partial charge in [0.05, 0.1) is 10.6 Å². The summed E-state index contributed by atoms with van der Waals surface area (Å²) in [5.74, 6) is -2.43. The fraction of sp³-hybridized carbons (Fsp3) is 0.348. The van der Waals surface area contributed by atoms with Crippen LogP contribution in [0.4, 0.5) is 4.79 Å². The Kier molecular flexibility index (Phi) is 8.05. The average Bonchev–Trinajstić information content (AvgIpc) is 3.31. The summed E-state index contributed by atoms with van der Waals surface area (Å²) < 4.78 is 30.2. The van der Waals surface area contributed by atoms with Crippen LogP contribution in [0.1, 0.15) is 24.8 Å². The fourth-order valence-electron chi connectivity index (χ4n) is 3.60. The second kappa shape index (κ2) is 11.0. The van der Waals surface area contributed by atoms with Crippen LogP contribution in [-0.4, -0.2) is 60.8 Å². The van der Waals surface area contributed by atoms with Gasteiger partial charge < -0.3 is 15.2 Å². The number of sulfone groups is 1. The highest BCUT2D eigenvalue weighted by Gasteiger charge is 2.37. The third kappa shape index (κ3) is 6.55. The number of likely N-dealkylation sites (tertiary alicyclic amines) is 1. The first-order valence-electron chi connectivity index (χ1n) is 10.6. The van der Waals surface area contributed by atoms with Crippen molar-refractivity contribution in [2.45, 2.75) is 42.8 Å². The maximum absolute atomic E-state index is 12.8. The lowest BCUT2D eigenvalue weighted by Crippen LogP contribution is -2.51. The maximum Gasteiger partial charge on any atom is 0.410 e. The molecule has 1 saturated heterocycles. The Balaban J connectivity index is 1.58. The van der Waals surface area contributed by atoms with Crippen LogP contribution in [0.15, 0.2) is 65.6 Å². The molecule has 1 heterocycles. The van der Waals surface area contributed by atoms with Crippen molar-refractivity contribution in [3.8, 4) is 0 Å². The zero-order valence-corrected chi connectivity index (χ0v) is 18.7. The SMILES string of the molecule is O=C(N[C@H](CCS(=O)(=O)c1ccccc1)C(=O)O)[C@H]1CCCN1C(=O)OCc1ccccc1. The third-order valence-corrected chi connectivity index (χ3v) is 7.15. The standard InChI is InChI=1S/C23H26N2O7S/c26-21(20-12-7-14-25(20)23(29)32-16-17-8-3-1-4-9-17)24-19(22(27)28)13-15-33(30,31)18-10-5-2-6-11-18/h1-6,8-11,19-20H,7,12-16H2,(H,24,26)(H,27,28)/t19-,20-/m1/s1. The van der Waals surface area contributed by atoms with E-state index in [1.807, 2.05) is 30.3 Å². The molecule has 2 aromatic rings. The van der Waals surface area contributed by atoms with Gasteiger partial charge in [0.2, 0.25) is 5.91 Å². The summed E-state index contributed by atoms with van der Waals surface area (Å²) in [6.07, 6.45) is -0.0294. The van der Waals surface area contributed by atoms with Crippen molar-refractivity contribution in [3.63, 3.8) is 0 Å². The van der Waals surface area contributed by atoms with Crippen LogP contribution in [0.2, 0.25) is 0 Å². The van der Waals surface area contributed by atoms with Gasteiger partial charge in [-0.3, -0.25) is 9.69 Å². The largest absolute Gasteiger partial charge is 0.480 e. The summed E-state index contributed by atoms with van der Waals surface area (Å²) in [5.41, 5.74) is 0.802. The fourth-order valence-corrected chi connectivity index (χ4v) is 4.96. The Morgan fingerprint density at radius 1 is 1.06 bits per heavy atom. The molecule has 3 rings (SSSR count). The van der Waals surface area contributed by atoms with Gasteiger partial charge >= 0.3 is 12.1 Å². The maximum atomic E-state index is 12.8. The summed E-state index contributed by atoms with van der Waals surface area (Å²) >= 11 is 0. The highest BCUT2D eigenvalue weighted by Crippen LogP contribution is 2.20. The first kappa shape index (κ1) is 24.2. The molecule has 0 unspecified atom stereocenters. The zero-order valence-electron chi connectivity index (χ0n) is 17.9. The normalized spacial score (nSPS) is 16.7. The predicted molar refractivity (Wildman–Crippen MR) is 119 cm³/mol. The van der Waals surface area contributed by atoms with Gasteiger partial charge in [-0.25, -0.2) is 18.0 Å². The van der Waals surface area contributed by atoms with Crippen LogP contribution in [-0.2, 0) is 30.8 Å². The minimum Gasteiger partial charge on any atom is -0.480 e. The number of ether oxygens (including phenoxy) is 1. The molecule has 2 aromatic carbocycles. The molecule has 0 radical (unpaired) electrons. The minimum atomic E-state index is -3.70. The zero-order chi connectivity index (χ0) is 23.8. The minimum absolute atomic E-state index is 0.0552. The van der Waals surface area contributed by atoms with Gasteiger partial charge in [-0.05, 0) is 37.0 Å². The number of nitrogens with one attached hydrogen (secondary N) is 1. The van der Waals surface area contributed by atoms with E-state index in [1.165, 1.54) is 17.0 Å². The van der Waals surface area contributed by atoms with Gasteiger partial charge in [0, 0.05) is 6.54 Å². The summed E-state index contributed by atoms with van der Waals surface area (Å²) in [4.78, 5) is 38.3. The molecule has 0 saturated carbocycles. The van der Waals surface area contributed by atoms with Crippen LogP contribution in [0.25, 0.3) is 0 Å². The lowest BCUT2D eigenvalue weighted by molar-refractivity contribution is -0.142. The van der Waals surface area contributed by atoms with Crippen molar-refractivity contribution in [1.29, 1.82) is 0 Å². The van der Waals surface area contributed by atoms with E-state index in [9.17, 15) is 27.9 Å². The molecule has 0 spiro atoms. The number of carbonyl (C=O) groups excluding carboxylic acids is 2. The summed E-state index contributed by atoms with van der Waals surface area (Å²) in [6.45, 7) is 0.367. The molecule has 33 heavy (non-hydrogen) atoms. The molecule has 176 valence electrons. The van der Waals surface area contributed by atoms with E-state index < -0.39 is 45.6 Å². The third-order valence-electron chi connectivity index (χ3n) is 5.39. The van der Waals surface area contributed by atoms with Crippen LogP contribution in [0.5, 0.6) is 0 Å². The van der Waals surface area contributed by atoms with Crippen molar-refractivity contribution in [2.24, 2.45) is 0 Å². The van der Waals surface area contributed by atoms with E-state index in [1.54, 1.807) is 18.2 Å². The van der Waals surface area contributed by atoms with Gasteiger partial charge in [0.15, 0.2) is 9.84 Å². The molecule has 10 heteroatoms. The number of carboxylic acids is 1. The average molecular weight is 475 g/mol. The monoisotopic (exact) mass is 474 g/mol. The van der Waals surface area contributed by atoms with E-state index in [0.717, 1.165) is 5.56 Å². The summed E-state index contributed by atoms with van der Waals surface area (Å²) in [7, 11) is -3.70. The van der Waals surface area contributed by atoms with E-state index in [4.69, 9.17) is 4.74 Å². The number of carbonyl (C=O) groups is 3. The number of hydrogen-bond donors (Lipinski definition) is 2. The first-order valence-corrected chi connectivity index (χ1v) is 12.2. The number of rotatable bonds is 9. The van der Waals surface area contributed by atoms with Gasteiger partial charge in [0.25, 0.3) is 0 Å². The highest BCUT2D eigenvalue weighted by molar-refractivity contribution is 7.91. The molecule has 0 aromatic heterocycles. The first-order chi connectivity index (χ1) is 15.8. The van der Waals surface area contributed by atoms with Gasteiger partial charge in [-0.2, -0.15) is 0 Å². The highest BCUT2D eigenvalue weighted by atomic mass is 32.2. The molecule has 0 aliphatic carbocycles. The quantitative estimate of drug-likeness (QED) is 0.570. The van der Waals surface area contributed by atoms with Crippen molar-refractivity contribution in [2.75, 3.05) is 12.3 Å². The van der Waals surface area contributed by atoms with E-state index in [0.29, 0.717) is 19.4 Å². The van der Waals surface area contributed by atoms with Crippen LogP contribution < -0.4 is 5.32 Å². The number of benzene rings is 2. The van der Waals surface area contributed by atoms with Gasteiger partial charge in [0.1, 0.15) is 18.7 Å². The second-order valence-electron chi connectivity index (χ2n) is 7.71.